The van der Waals surface area contributed by atoms with Crippen molar-refractivity contribution in [2.75, 3.05) is 22.9 Å². The first kappa shape index (κ1) is 16.3. The third-order valence-electron chi connectivity index (χ3n) is 3.40. The summed E-state index contributed by atoms with van der Waals surface area (Å²) in [5.41, 5.74) is 0.522. The molecule has 23 heavy (non-hydrogen) atoms. The average Bonchev–Trinajstić information content (AvgIpc) is 2.53. The number of rotatable bonds is 3. The van der Waals surface area contributed by atoms with Gasteiger partial charge in [0.1, 0.15) is 0 Å². The molecule has 3 rings (SSSR count). The first-order valence-electron chi connectivity index (χ1n) is 6.70. The number of hydrogen-bond acceptors (Lipinski definition) is 6. The first-order valence-corrected chi connectivity index (χ1v) is 11.0. The lowest BCUT2D eigenvalue weighted by atomic mass is 10.4. The second-order valence-corrected chi connectivity index (χ2v) is 10.0. The highest BCUT2D eigenvalue weighted by atomic mass is 32.2. The number of aromatic nitrogens is 1. The van der Waals surface area contributed by atoms with Gasteiger partial charge in [-0.25, -0.2) is 16.8 Å². The summed E-state index contributed by atoms with van der Waals surface area (Å²) in [5.74, 6) is 0.627. The number of anilines is 1. The van der Waals surface area contributed by atoms with Gasteiger partial charge in [0.25, 0.3) is 10.0 Å². The summed E-state index contributed by atoms with van der Waals surface area (Å²) in [6.07, 6.45) is 4.18. The Kier molecular flexibility index (Phi) is 4.11. The molecule has 0 saturated heterocycles. The number of nitrogens with zero attached hydrogens (tertiary/aromatic N) is 2. The van der Waals surface area contributed by atoms with Crippen molar-refractivity contribution in [3.8, 4) is 0 Å². The van der Waals surface area contributed by atoms with Gasteiger partial charge in [-0.15, -0.1) is 11.8 Å². The van der Waals surface area contributed by atoms with Gasteiger partial charge in [0.05, 0.1) is 21.7 Å². The Hall–Kier alpha value is -1.58. The van der Waals surface area contributed by atoms with Crippen molar-refractivity contribution < 1.29 is 16.8 Å². The molecule has 122 valence electrons. The second kappa shape index (κ2) is 5.81. The monoisotopic (exact) mass is 370 g/mol. The van der Waals surface area contributed by atoms with Crippen LogP contribution in [0.25, 0.3) is 0 Å². The largest absolute Gasteiger partial charge is 0.264 e. The number of thioether (sulfide) groups is 1. The van der Waals surface area contributed by atoms with E-state index < -0.39 is 19.9 Å². The minimum absolute atomic E-state index is 0.0173. The lowest BCUT2D eigenvalue weighted by molar-refractivity contribution is 0.591. The molecule has 0 aliphatic carbocycles. The molecule has 0 amide bonds. The molecule has 9 heteroatoms. The van der Waals surface area contributed by atoms with Crippen molar-refractivity contribution >= 4 is 37.3 Å². The van der Waals surface area contributed by atoms with Crippen LogP contribution in [-0.4, -0.2) is 40.4 Å². The van der Waals surface area contributed by atoms with Crippen LogP contribution >= 0.6 is 11.8 Å². The van der Waals surface area contributed by atoms with Gasteiger partial charge in [-0.2, -0.15) is 0 Å². The Balaban J connectivity index is 2.11. The lowest BCUT2D eigenvalue weighted by Crippen LogP contribution is -2.35. The molecule has 2 heterocycles. The van der Waals surface area contributed by atoms with Gasteiger partial charge in [0.2, 0.25) is 0 Å². The van der Waals surface area contributed by atoms with Crippen molar-refractivity contribution in [3.63, 3.8) is 0 Å². The third kappa shape index (κ3) is 3.08. The van der Waals surface area contributed by atoms with Crippen LogP contribution in [0.4, 0.5) is 5.69 Å². The van der Waals surface area contributed by atoms with Crippen molar-refractivity contribution in [3.05, 3.63) is 42.7 Å². The van der Waals surface area contributed by atoms with Crippen LogP contribution in [0.5, 0.6) is 0 Å². The number of sulfone groups is 1. The molecule has 1 aliphatic rings. The number of fused-ring (bicyclic) bond motifs is 1. The molecule has 1 aromatic carbocycles. The minimum Gasteiger partial charge on any atom is -0.263 e. The van der Waals surface area contributed by atoms with Crippen LogP contribution in [-0.2, 0) is 19.9 Å². The molecule has 6 nitrogen and oxygen atoms in total. The summed E-state index contributed by atoms with van der Waals surface area (Å²) in [6.45, 7) is 0.314. The molecule has 2 aromatic rings. The van der Waals surface area contributed by atoms with Crippen LogP contribution in [0.3, 0.4) is 0 Å². The molecule has 0 saturated carbocycles. The highest BCUT2D eigenvalue weighted by Crippen LogP contribution is 2.37. The fraction of sp³-hybridized carbons (Fsp3) is 0.214. The molecular weight excluding hydrogens is 356 g/mol. The SMILES string of the molecule is CS(=O)(=O)c1cccc(S(=O)(=O)N2CCSc3ccncc32)c1. The number of hydrogen-bond donors (Lipinski definition) is 0. The summed E-state index contributed by atoms with van der Waals surface area (Å²) in [4.78, 5) is 4.78. The average molecular weight is 370 g/mol. The summed E-state index contributed by atoms with van der Waals surface area (Å²) in [6, 6.07) is 7.20. The number of benzene rings is 1. The van der Waals surface area contributed by atoms with Gasteiger partial charge in [-0.3, -0.25) is 9.29 Å². The Labute approximate surface area is 139 Å². The van der Waals surface area contributed by atoms with Gasteiger partial charge in [-0.05, 0) is 24.3 Å². The highest BCUT2D eigenvalue weighted by Gasteiger charge is 2.30. The summed E-state index contributed by atoms with van der Waals surface area (Å²) in [5, 5.41) is 0. The smallest absolute Gasteiger partial charge is 0.263 e. The van der Waals surface area contributed by atoms with Crippen LogP contribution in [0.1, 0.15) is 0 Å². The molecule has 0 atom stereocenters. The van der Waals surface area contributed by atoms with E-state index in [4.69, 9.17) is 0 Å². The van der Waals surface area contributed by atoms with Crippen LogP contribution in [0.15, 0.2) is 57.4 Å². The van der Waals surface area contributed by atoms with Crippen molar-refractivity contribution in [1.29, 1.82) is 0 Å². The predicted octanol–water partition coefficient (Wildman–Crippen LogP) is 1.79. The molecule has 0 fully saturated rings. The van der Waals surface area contributed by atoms with Gasteiger partial charge < -0.3 is 0 Å². The normalized spacial score (nSPS) is 15.3. The molecule has 1 aliphatic heterocycles. The van der Waals surface area contributed by atoms with E-state index in [-0.39, 0.29) is 9.79 Å². The minimum atomic E-state index is -3.84. The maximum atomic E-state index is 12.9. The molecule has 0 radical (unpaired) electrons. The first-order chi connectivity index (χ1) is 10.8. The molecule has 0 unspecified atom stereocenters. The van der Waals surface area contributed by atoms with E-state index in [1.165, 1.54) is 34.8 Å². The molecule has 1 aromatic heterocycles. The topological polar surface area (TPSA) is 84.4 Å². The maximum Gasteiger partial charge on any atom is 0.264 e. The molecule has 0 N–H and O–H groups in total. The van der Waals surface area contributed by atoms with E-state index in [2.05, 4.69) is 4.98 Å². The third-order valence-corrected chi connectivity index (χ3v) is 7.37. The van der Waals surface area contributed by atoms with Crippen molar-refractivity contribution in [2.24, 2.45) is 0 Å². The van der Waals surface area contributed by atoms with E-state index in [1.54, 1.807) is 24.0 Å². The van der Waals surface area contributed by atoms with Crippen LogP contribution in [0, 0.1) is 0 Å². The Morgan fingerprint density at radius 2 is 1.87 bits per heavy atom. The van der Waals surface area contributed by atoms with Crippen LogP contribution < -0.4 is 4.31 Å². The predicted molar refractivity (Wildman–Crippen MR) is 89.0 cm³/mol. The Bertz CT molecular complexity index is 955. The molecular formula is C14H14N2O4S3. The Morgan fingerprint density at radius 3 is 2.61 bits per heavy atom. The summed E-state index contributed by atoms with van der Waals surface area (Å²) in [7, 11) is -7.32. The van der Waals surface area contributed by atoms with E-state index in [0.717, 1.165) is 11.2 Å². The fourth-order valence-electron chi connectivity index (χ4n) is 2.28. The van der Waals surface area contributed by atoms with E-state index in [9.17, 15) is 16.8 Å². The highest BCUT2D eigenvalue weighted by molar-refractivity contribution is 8.00. The number of sulfonamides is 1. The van der Waals surface area contributed by atoms with Crippen molar-refractivity contribution in [2.45, 2.75) is 14.7 Å². The number of pyridine rings is 1. The molecule has 0 bridgehead atoms. The standard InChI is InChI=1S/C14H14N2O4S3/c1-22(17,18)11-3-2-4-12(9-11)23(19,20)16-7-8-21-14-5-6-15-10-13(14)16/h2-6,9-10H,7-8H2,1H3. The zero-order valence-corrected chi connectivity index (χ0v) is 14.7. The maximum absolute atomic E-state index is 12.9. The summed E-state index contributed by atoms with van der Waals surface area (Å²) < 4.78 is 50.5. The lowest BCUT2D eigenvalue weighted by Gasteiger charge is -2.29. The van der Waals surface area contributed by atoms with Crippen molar-refractivity contribution in [1.82, 2.24) is 4.98 Å². The quantitative estimate of drug-likeness (QED) is 0.819. The van der Waals surface area contributed by atoms with Gasteiger partial charge in [-0.1, -0.05) is 6.07 Å². The zero-order valence-electron chi connectivity index (χ0n) is 12.2. The van der Waals surface area contributed by atoms with Gasteiger partial charge >= 0.3 is 0 Å². The molecule has 0 spiro atoms. The Morgan fingerprint density at radius 1 is 1.13 bits per heavy atom. The zero-order chi connectivity index (χ0) is 16.7. The van der Waals surface area contributed by atoms with Crippen LogP contribution in [0.2, 0.25) is 0 Å². The van der Waals surface area contributed by atoms with Gasteiger partial charge in [0, 0.05) is 29.6 Å². The van der Waals surface area contributed by atoms with Gasteiger partial charge in [0.15, 0.2) is 9.84 Å². The second-order valence-electron chi connectivity index (χ2n) is 5.02. The fourth-order valence-corrected chi connectivity index (χ4v) is 5.68. The summed E-state index contributed by atoms with van der Waals surface area (Å²) >= 11 is 1.57. The van der Waals surface area contributed by atoms with E-state index in [1.807, 2.05) is 0 Å². The van der Waals surface area contributed by atoms with E-state index in [0.29, 0.717) is 18.0 Å². The van der Waals surface area contributed by atoms with E-state index >= 15 is 0 Å².